The van der Waals surface area contributed by atoms with E-state index in [0.29, 0.717) is 0 Å². The molecule has 230 valence electrons. The number of unbranched alkanes of at least 4 members (excludes halogenated alkanes) is 22. The molecule has 0 aromatic carbocycles. The van der Waals surface area contributed by atoms with Crippen molar-refractivity contribution in [3.63, 3.8) is 0 Å². The van der Waals surface area contributed by atoms with Crippen molar-refractivity contribution in [1.29, 1.82) is 0 Å². The minimum absolute atomic E-state index is 0.188. The van der Waals surface area contributed by atoms with Gasteiger partial charge in [0.15, 0.2) is 0 Å². The van der Waals surface area contributed by atoms with Gasteiger partial charge in [0.25, 0.3) is 0 Å². The zero-order valence-electron chi connectivity index (χ0n) is 27.4. The Kier molecular flexibility index (Phi) is 27.1. The van der Waals surface area contributed by atoms with Crippen molar-refractivity contribution in [3.8, 4) is 0 Å². The predicted octanol–water partition coefficient (Wildman–Crippen LogP) is 12.2. The fourth-order valence-electron chi connectivity index (χ4n) is 6.48. The molecular weight excluding hydrogens is 460 g/mol. The molecule has 0 saturated carbocycles. The van der Waals surface area contributed by atoms with Crippen LogP contribution in [0, 0.1) is 0 Å². The minimum atomic E-state index is -0.188. The molecule has 0 spiro atoms. The van der Waals surface area contributed by atoms with E-state index in [1.54, 1.807) is 0 Å². The Morgan fingerprint density at radius 1 is 0.263 bits per heavy atom. The third-order valence-electron chi connectivity index (χ3n) is 9.40. The molecule has 0 bridgehead atoms. The number of nitrogens with two attached hydrogens (primary N) is 2. The van der Waals surface area contributed by atoms with Gasteiger partial charge < -0.3 is 11.5 Å². The Morgan fingerprint density at radius 3 is 0.605 bits per heavy atom. The second-order valence-electron chi connectivity index (χ2n) is 13.1. The summed E-state index contributed by atoms with van der Waals surface area (Å²) in [5.41, 5.74) is 14.6. The first-order valence-electron chi connectivity index (χ1n) is 18.1. The summed E-state index contributed by atoms with van der Waals surface area (Å²) in [5.74, 6) is 0. The standard InChI is InChI=1S/C36H76N2/c1-5-9-13-17-21-25-29-33-35(37,31-27-23-19-15-11-7-3)36(38,32-28-24-20-16-12-8-4)34-30-26-22-18-14-10-6-2/h5-34,37-38H2,1-4H3. The molecule has 0 aromatic heterocycles. The second-order valence-corrected chi connectivity index (χ2v) is 13.1. The molecule has 0 amide bonds. The fraction of sp³-hybridized carbons (Fsp3) is 1.00. The molecule has 0 aliphatic heterocycles. The van der Waals surface area contributed by atoms with E-state index in [4.69, 9.17) is 11.5 Å². The van der Waals surface area contributed by atoms with Crippen LogP contribution >= 0.6 is 0 Å². The molecule has 0 fully saturated rings. The fourth-order valence-corrected chi connectivity index (χ4v) is 6.48. The summed E-state index contributed by atoms with van der Waals surface area (Å²) in [6, 6.07) is 0. The average molecular weight is 537 g/mol. The summed E-state index contributed by atoms with van der Waals surface area (Å²) >= 11 is 0. The number of hydrogen-bond acceptors (Lipinski definition) is 2. The first kappa shape index (κ1) is 37.9. The minimum Gasteiger partial charge on any atom is -0.324 e. The van der Waals surface area contributed by atoms with E-state index < -0.39 is 0 Å². The van der Waals surface area contributed by atoms with Gasteiger partial charge in [-0.1, -0.05) is 195 Å². The van der Waals surface area contributed by atoms with Gasteiger partial charge in [-0.2, -0.15) is 0 Å². The molecule has 0 rings (SSSR count). The maximum atomic E-state index is 7.50. The van der Waals surface area contributed by atoms with Crippen LogP contribution in [0.25, 0.3) is 0 Å². The Morgan fingerprint density at radius 2 is 0.421 bits per heavy atom. The highest BCUT2D eigenvalue weighted by molar-refractivity contribution is 5.06. The molecular formula is C36H76N2. The third-order valence-corrected chi connectivity index (χ3v) is 9.40. The monoisotopic (exact) mass is 537 g/mol. The highest BCUT2D eigenvalue weighted by Crippen LogP contribution is 2.37. The Balaban J connectivity index is 5.14. The SMILES string of the molecule is CCCCCCCCCC(N)(CCCCCCCC)C(N)(CCCCCCCC)CCCCCCCCC. The molecule has 2 nitrogen and oxygen atoms in total. The lowest BCUT2D eigenvalue weighted by molar-refractivity contribution is 0.149. The van der Waals surface area contributed by atoms with Gasteiger partial charge in [0.1, 0.15) is 0 Å². The largest absolute Gasteiger partial charge is 0.324 e. The van der Waals surface area contributed by atoms with Crippen molar-refractivity contribution in [1.82, 2.24) is 0 Å². The lowest BCUT2D eigenvalue weighted by Crippen LogP contribution is -2.65. The van der Waals surface area contributed by atoms with Gasteiger partial charge in [0.2, 0.25) is 0 Å². The quantitative estimate of drug-likeness (QED) is 0.0865. The van der Waals surface area contributed by atoms with E-state index in [9.17, 15) is 0 Å². The molecule has 2 atom stereocenters. The van der Waals surface area contributed by atoms with Gasteiger partial charge >= 0.3 is 0 Å². The zero-order chi connectivity index (χ0) is 28.2. The molecule has 0 heterocycles. The summed E-state index contributed by atoms with van der Waals surface area (Å²) in [7, 11) is 0. The predicted molar refractivity (Wildman–Crippen MR) is 175 cm³/mol. The van der Waals surface area contributed by atoms with Gasteiger partial charge in [-0.25, -0.2) is 0 Å². The first-order valence-corrected chi connectivity index (χ1v) is 18.1. The Bertz CT molecular complexity index is 422. The number of hydrogen-bond donors (Lipinski definition) is 2. The molecule has 0 aromatic rings. The number of rotatable bonds is 31. The summed E-state index contributed by atoms with van der Waals surface area (Å²) in [4.78, 5) is 0. The molecule has 0 radical (unpaired) electrons. The molecule has 2 heteroatoms. The molecule has 2 unspecified atom stereocenters. The molecule has 38 heavy (non-hydrogen) atoms. The zero-order valence-corrected chi connectivity index (χ0v) is 27.4. The Labute approximate surface area is 242 Å². The highest BCUT2D eigenvalue weighted by atomic mass is 14.9. The third kappa shape index (κ3) is 19.9. The maximum Gasteiger partial charge on any atom is 0.0336 e. The van der Waals surface area contributed by atoms with Gasteiger partial charge in [-0.05, 0) is 25.7 Å². The first-order chi connectivity index (χ1) is 18.5. The molecule has 0 aliphatic carbocycles. The van der Waals surface area contributed by atoms with Crippen LogP contribution in [-0.2, 0) is 0 Å². The van der Waals surface area contributed by atoms with E-state index in [-0.39, 0.29) is 11.1 Å². The van der Waals surface area contributed by atoms with E-state index in [0.717, 1.165) is 25.7 Å². The van der Waals surface area contributed by atoms with Crippen LogP contribution in [0.4, 0.5) is 0 Å². The van der Waals surface area contributed by atoms with Crippen LogP contribution < -0.4 is 11.5 Å². The van der Waals surface area contributed by atoms with E-state index in [2.05, 4.69) is 27.7 Å². The van der Waals surface area contributed by atoms with Crippen LogP contribution in [0.3, 0.4) is 0 Å². The van der Waals surface area contributed by atoms with E-state index in [1.807, 2.05) is 0 Å². The smallest absolute Gasteiger partial charge is 0.0336 e. The van der Waals surface area contributed by atoms with Gasteiger partial charge in [0, 0.05) is 11.1 Å². The topological polar surface area (TPSA) is 52.0 Å². The van der Waals surface area contributed by atoms with Gasteiger partial charge in [0.05, 0.1) is 0 Å². The van der Waals surface area contributed by atoms with Crippen LogP contribution in [-0.4, -0.2) is 11.1 Å². The maximum absolute atomic E-state index is 7.50. The van der Waals surface area contributed by atoms with Crippen molar-refractivity contribution in [2.75, 3.05) is 0 Å². The van der Waals surface area contributed by atoms with E-state index >= 15 is 0 Å². The summed E-state index contributed by atoms with van der Waals surface area (Å²) in [5, 5.41) is 0. The molecule has 0 aliphatic rings. The highest BCUT2D eigenvalue weighted by Gasteiger charge is 2.43. The van der Waals surface area contributed by atoms with Crippen molar-refractivity contribution in [2.24, 2.45) is 11.5 Å². The lowest BCUT2D eigenvalue weighted by Gasteiger charge is -2.47. The van der Waals surface area contributed by atoms with Crippen LogP contribution in [0.1, 0.15) is 220 Å². The second kappa shape index (κ2) is 27.1. The van der Waals surface area contributed by atoms with Crippen LogP contribution in [0.2, 0.25) is 0 Å². The van der Waals surface area contributed by atoms with Gasteiger partial charge in [-0.3, -0.25) is 0 Å². The normalized spacial score (nSPS) is 15.0. The summed E-state index contributed by atoms with van der Waals surface area (Å²) < 4.78 is 0. The molecule has 4 N–H and O–H groups in total. The summed E-state index contributed by atoms with van der Waals surface area (Å²) in [6.07, 6.45) is 39.7. The van der Waals surface area contributed by atoms with Crippen molar-refractivity contribution < 1.29 is 0 Å². The van der Waals surface area contributed by atoms with Crippen LogP contribution in [0.15, 0.2) is 0 Å². The Hall–Kier alpha value is -0.0800. The van der Waals surface area contributed by atoms with Crippen molar-refractivity contribution >= 4 is 0 Å². The summed E-state index contributed by atoms with van der Waals surface area (Å²) in [6.45, 7) is 9.23. The van der Waals surface area contributed by atoms with Crippen LogP contribution in [0.5, 0.6) is 0 Å². The lowest BCUT2D eigenvalue weighted by atomic mass is 9.66. The molecule has 0 saturated heterocycles. The van der Waals surface area contributed by atoms with E-state index in [1.165, 1.54) is 167 Å². The van der Waals surface area contributed by atoms with Gasteiger partial charge in [-0.15, -0.1) is 0 Å². The van der Waals surface area contributed by atoms with Crippen molar-refractivity contribution in [3.05, 3.63) is 0 Å². The van der Waals surface area contributed by atoms with Crippen molar-refractivity contribution in [2.45, 2.75) is 231 Å². The average Bonchev–Trinajstić information content (AvgIpc) is 2.91.